The van der Waals surface area contributed by atoms with Gasteiger partial charge in [-0.2, -0.15) is 5.10 Å². The predicted molar refractivity (Wildman–Crippen MR) is 134 cm³/mol. The van der Waals surface area contributed by atoms with Crippen molar-refractivity contribution >= 4 is 17.5 Å². The normalized spacial score (nSPS) is 16.9. The molecule has 0 aliphatic carbocycles. The second kappa shape index (κ2) is 11.0. The zero-order valence-electron chi connectivity index (χ0n) is 20.1. The van der Waals surface area contributed by atoms with E-state index in [4.69, 9.17) is 20.8 Å². The van der Waals surface area contributed by atoms with E-state index in [1.807, 2.05) is 48.1 Å². The average Bonchev–Trinajstić information content (AvgIpc) is 3.47. The Hall–Kier alpha value is -2.65. The van der Waals surface area contributed by atoms with Gasteiger partial charge < -0.3 is 14.5 Å². The fourth-order valence-electron chi connectivity index (χ4n) is 4.87. The zero-order chi connectivity index (χ0) is 24.2. The summed E-state index contributed by atoms with van der Waals surface area (Å²) in [4.78, 5) is 17.6. The number of hydrogen-bond donors (Lipinski definition) is 1. The van der Waals surface area contributed by atoms with Crippen molar-refractivity contribution in [2.45, 2.75) is 25.9 Å². The molecule has 1 saturated heterocycles. The molecule has 3 aromatic rings. The number of hydrogen-bond acceptors (Lipinski definition) is 6. The van der Waals surface area contributed by atoms with E-state index < -0.39 is 0 Å². The molecule has 186 valence electrons. The molecule has 5 rings (SSSR count). The van der Waals surface area contributed by atoms with Crippen molar-refractivity contribution in [1.82, 2.24) is 24.9 Å². The minimum Gasteiger partial charge on any atom is -0.460 e. The maximum absolute atomic E-state index is 13.0. The van der Waals surface area contributed by atoms with E-state index in [1.54, 1.807) is 0 Å². The highest BCUT2D eigenvalue weighted by atomic mass is 35.5. The molecule has 2 aliphatic heterocycles. The summed E-state index contributed by atoms with van der Waals surface area (Å²) in [6.07, 6.45) is 1.76. The highest BCUT2D eigenvalue weighted by Crippen LogP contribution is 2.30. The van der Waals surface area contributed by atoms with Gasteiger partial charge in [-0.05, 0) is 37.2 Å². The van der Waals surface area contributed by atoms with Crippen LogP contribution in [0.1, 0.15) is 33.9 Å². The Morgan fingerprint density at radius 2 is 1.94 bits per heavy atom. The number of benzene rings is 1. The van der Waals surface area contributed by atoms with E-state index in [9.17, 15) is 4.79 Å². The number of carbonyl (C=O) groups excluding carboxylic acids is 1. The van der Waals surface area contributed by atoms with Gasteiger partial charge in [0.25, 0.3) is 5.91 Å². The van der Waals surface area contributed by atoms with Crippen molar-refractivity contribution < 1.29 is 13.9 Å². The van der Waals surface area contributed by atoms with Crippen molar-refractivity contribution in [3.63, 3.8) is 0 Å². The van der Waals surface area contributed by atoms with Crippen LogP contribution in [-0.4, -0.2) is 71.4 Å². The highest BCUT2D eigenvalue weighted by molar-refractivity contribution is 6.33. The van der Waals surface area contributed by atoms with Gasteiger partial charge in [0.15, 0.2) is 5.69 Å². The summed E-state index contributed by atoms with van der Waals surface area (Å²) in [5.41, 5.74) is 3.58. The first kappa shape index (κ1) is 24.1. The van der Waals surface area contributed by atoms with Crippen molar-refractivity contribution in [2.75, 3.05) is 45.9 Å². The lowest BCUT2D eigenvalue weighted by Gasteiger charge is -2.27. The van der Waals surface area contributed by atoms with E-state index in [2.05, 4.69) is 20.2 Å². The summed E-state index contributed by atoms with van der Waals surface area (Å²) >= 11 is 6.33. The van der Waals surface area contributed by atoms with E-state index in [0.29, 0.717) is 30.4 Å². The number of nitrogens with one attached hydrogen (secondary N) is 1. The Labute approximate surface area is 210 Å². The minimum atomic E-state index is -0.0929. The first-order valence-corrected chi connectivity index (χ1v) is 12.7. The topological polar surface area (TPSA) is 75.8 Å². The molecule has 0 spiro atoms. The maximum Gasteiger partial charge on any atom is 0.272 e. The SMILES string of the molecule is Cn1nc(C(=O)NCCCN2CCOCC2)c2c1CCN(Cc1ccc(-c3ccccc3Cl)o1)C2. The monoisotopic (exact) mass is 497 g/mol. The standard InChI is InChI=1S/C26H32ClN5O3/c1-30-23-9-12-32(17-19-7-8-24(35-19)20-5-2-3-6-22(20)27)18-21(23)25(29-30)26(33)28-10-4-11-31-13-15-34-16-14-31/h2-3,5-8H,4,9-18H2,1H3,(H,28,33). The molecule has 8 nitrogen and oxygen atoms in total. The molecular formula is C26H32ClN5O3. The number of nitrogens with zero attached hydrogens (tertiary/aromatic N) is 4. The van der Waals surface area contributed by atoms with Gasteiger partial charge in [-0.15, -0.1) is 0 Å². The molecule has 0 radical (unpaired) electrons. The molecule has 35 heavy (non-hydrogen) atoms. The number of furan rings is 1. The van der Waals surface area contributed by atoms with Crippen LogP contribution >= 0.6 is 11.6 Å². The van der Waals surface area contributed by atoms with Crippen molar-refractivity contribution in [3.05, 3.63) is 64.1 Å². The molecule has 9 heteroatoms. The first-order chi connectivity index (χ1) is 17.1. The van der Waals surface area contributed by atoms with Crippen LogP contribution in [0.5, 0.6) is 0 Å². The number of rotatable bonds is 8. The Balaban J connectivity index is 1.19. The molecule has 0 bridgehead atoms. The summed E-state index contributed by atoms with van der Waals surface area (Å²) in [5, 5.41) is 8.31. The second-order valence-electron chi connectivity index (χ2n) is 9.17. The lowest BCUT2D eigenvalue weighted by molar-refractivity contribution is 0.0374. The Morgan fingerprint density at radius 3 is 2.77 bits per heavy atom. The van der Waals surface area contributed by atoms with E-state index in [1.165, 1.54) is 0 Å². The molecule has 4 heterocycles. The van der Waals surface area contributed by atoms with Crippen LogP contribution in [0.4, 0.5) is 0 Å². The smallest absolute Gasteiger partial charge is 0.272 e. The van der Waals surface area contributed by atoms with E-state index >= 15 is 0 Å². The molecule has 1 aromatic carbocycles. The predicted octanol–water partition coefficient (Wildman–Crippen LogP) is 3.34. The van der Waals surface area contributed by atoms with E-state index in [-0.39, 0.29) is 5.91 Å². The van der Waals surface area contributed by atoms with Crippen LogP contribution in [0.2, 0.25) is 5.02 Å². The molecule has 1 fully saturated rings. The lowest BCUT2D eigenvalue weighted by Crippen LogP contribution is -2.38. The summed E-state index contributed by atoms with van der Waals surface area (Å²) < 4.78 is 13.4. The maximum atomic E-state index is 13.0. The third-order valence-corrected chi connectivity index (χ3v) is 7.09. The fourth-order valence-corrected chi connectivity index (χ4v) is 5.10. The van der Waals surface area contributed by atoms with Gasteiger partial charge in [-0.25, -0.2) is 0 Å². The van der Waals surface area contributed by atoms with Gasteiger partial charge in [0.1, 0.15) is 11.5 Å². The Bertz CT molecular complexity index is 1170. The molecule has 0 saturated carbocycles. The van der Waals surface area contributed by atoms with Crippen LogP contribution in [0, 0.1) is 0 Å². The van der Waals surface area contributed by atoms with Gasteiger partial charge in [0.2, 0.25) is 0 Å². The minimum absolute atomic E-state index is 0.0929. The summed E-state index contributed by atoms with van der Waals surface area (Å²) in [7, 11) is 1.92. The third-order valence-electron chi connectivity index (χ3n) is 6.76. The van der Waals surface area contributed by atoms with Crippen LogP contribution in [0.25, 0.3) is 11.3 Å². The largest absolute Gasteiger partial charge is 0.460 e. The molecule has 2 aromatic heterocycles. The molecule has 0 unspecified atom stereocenters. The van der Waals surface area contributed by atoms with Crippen LogP contribution in [-0.2, 0) is 31.3 Å². The number of aryl methyl sites for hydroxylation is 1. The lowest BCUT2D eigenvalue weighted by atomic mass is 10.0. The molecular weight excluding hydrogens is 466 g/mol. The number of aromatic nitrogens is 2. The molecule has 1 amide bonds. The van der Waals surface area contributed by atoms with Gasteiger partial charge in [-0.1, -0.05) is 23.7 Å². The van der Waals surface area contributed by atoms with Crippen LogP contribution in [0.3, 0.4) is 0 Å². The summed E-state index contributed by atoms with van der Waals surface area (Å²) in [5.74, 6) is 1.55. The van der Waals surface area contributed by atoms with Crippen LogP contribution < -0.4 is 5.32 Å². The number of fused-ring (bicyclic) bond motifs is 1. The first-order valence-electron chi connectivity index (χ1n) is 12.3. The molecule has 1 N–H and O–H groups in total. The molecule has 0 atom stereocenters. The van der Waals surface area contributed by atoms with Crippen molar-refractivity contribution in [1.29, 1.82) is 0 Å². The number of amides is 1. The second-order valence-corrected chi connectivity index (χ2v) is 9.57. The quantitative estimate of drug-likeness (QED) is 0.481. The van der Waals surface area contributed by atoms with E-state index in [0.717, 1.165) is 80.6 Å². The average molecular weight is 498 g/mol. The number of morpholine rings is 1. The number of carbonyl (C=O) groups is 1. The highest BCUT2D eigenvalue weighted by Gasteiger charge is 2.27. The third kappa shape index (κ3) is 5.62. The van der Waals surface area contributed by atoms with Crippen LogP contribution in [0.15, 0.2) is 40.8 Å². The van der Waals surface area contributed by atoms with Crippen molar-refractivity contribution in [3.8, 4) is 11.3 Å². The fraction of sp³-hybridized carbons (Fsp3) is 0.462. The molecule has 2 aliphatic rings. The van der Waals surface area contributed by atoms with Crippen molar-refractivity contribution in [2.24, 2.45) is 7.05 Å². The number of halogens is 1. The van der Waals surface area contributed by atoms with Gasteiger partial charge in [-0.3, -0.25) is 19.3 Å². The Kier molecular flexibility index (Phi) is 7.53. The van der Waals surface area contributed by atoms with Gasteiger partial charge in [0.05, 0.1) is 24.8 Å². The van der Waals surface area contributed by atoms with Gasteiger partial charge in [0, 0.05) is 63.0 Å². The van der Waals surface area contributed by atoms with Gasteiger partial charge >= 0.3 is 0 Å². The zero-order valence-corrected chi connectivity index (χ0v) is 20.9. The number of ether oxygens (including phenoxy) is 1. The summed E-state index contributed by atoms with van der Waals surface area (Å²) in [6.45, 7) is 7.35. The summed E-state index contributed by atoms with van der Waals surface area (Å²) in [6, 6.07) is 11.6. The Morgan fingerprint density at radius 1 is 1.11 bits per heavy atom.